The van der Waals surface area contributed by atoms with E-state index >= 15 is 0 Å². The number of carbonyl (C=O) groups is 1. The third-order valence-corrected chi connectivity index (χ3v) is 4.64. The van der Waals surface area contributed by atoms with Gasteiger partial charge in [-0.2, -0.15) is 0 Å². The van der Waals surface area contributed by atoms with Gasteiger partial charge in [-0.15, -0.1) is 0 Å². The fraction of sp³-hybridized carbons (Fsp3) is 0.417. The second-order valence-corrected chi connectivity index (χ2v) is 6.25. The second kappa shape index (κ2) is 6.69. The molecular weight excluding hydrogens is 284 g/mol. The van der Waals surface area contributed by atoms with Gasteiger partial charge in [0, 0.05) is 33.0 Å². The summed E-state index contributed by atoms with van der Waals surface area (Å²) in [7, 11) is -0.989. The lowest BCUT2D eigenvalue weighted by molar-refractivity contribution is 0.0692. The van der Waals surface area contributed by atoms with Crippen molar-refractivity contribution in [3.63, 3.8) is 0 Å². The minimum absolute atomic E-state index is 0.193. The van der Waals surface area contributed by atoms with Crippen molar-refractivity contribution in [3.8, 4) is 0 Å². The Morgan fingerprint density at radius 1 is 1.45 bits per heavy atom. The molecule has 0 aromatic heterocycles. The highest BCUT2D eigenvalue weighted by molar-refractivity contribution is 7.89. The summed E-state index contributed by atoms with van der Waals surface area (Å²) in [4.78, 5) is 10.8. The van der Waals surface area contributed by atoms with Gasteiger partial charge >= 0.3 is 5.97 Å². The highest BCUT2D eigenvalue weighted by atomic mass is 32.2. The van der Waals surface area contributed by atoms with Crippen molar-refractivity contribution in [1.82, 2.24) is 4.31 Å². The Morgan fingerprint density at radius 2 is 2.10 bits per heavy atom. The summed E-state index contributed by atoms with van der Waals surface area (Å²) in [6, 6.07) is 3.70. The molecule has 0 heterocycles. The highest BCUT2D eigenvalue weighted by Crippen LogP contribution is 2.22. The number of nitrogens with two attached hydrogens (primary N) is 1. The number of carboxylic acid groups (broad SMARTS) is 1. The first kappa shape index (κ1) is 16.4. The number of aromatic carboxylic acids is 1. The monoisotopic (exact) mass is 302 g/mol. The van der Waals surface area contributed by atoms with Crippen molar-refractivity contribution in [2.24, 2.45) is 0 Å². The molecule has 7 nitrogen and oxygen atoms in total. The van der Waals surface area contributed by atoms with Gasteiger partial charge in [0.2, 0.25) is 10.0 Å². The minimum atomic E-state index is -3.90. The zero-order valence-corrected chi connectivity index (χ0v) is 12.2. The third kappa shape index (κ3) is 3.69. The number of carboxylic acids is 1. The number of nitrogens with zero attached hydrogens (tertiary/aromatic N) is 1. The maximum atomic E-state index is 12.4. The Labute approximate surface area is 118 Å². The highest BCUT2D eigenvalue weighted by Gasteiger charge is 2.26. The molecular formula is C12H18N2O5S. The maximum absolute atomic E-state index is 12.4. The van der Waals surface area contributed by atoms with E-state index in [-0.39, 0.29) is 22.7 Å². The molecule has 0 spiro atoms. The summed E-state index contributed by atoms with van der Waals surface area (Å²) in [6.45, 7) is 0.645. The lowest BCUT2D eigenvalue weighted by Crippen LogP contribution is -2.30. The molecule has 0 bridgehead atoms. The number of rotatable bonds is 7. The fourth-order valence-corrected chi connectivity index (χ4v) is 3.07. The van der Waals surface area contributed by atoms with Gasteiger partial charge in [0.1, 0.15) is 0 Å². The van der Waals surface area contributed by atoms with Crippen LogP contribution in [-0.4, -0.2) is 51.1 Å². The molecule has 1 aromatic carbocycles. The number of hydrogen-bond acceptors (Lipinski definition) is 5. The third-order valence-electron chi connectivity index (χ3n) is 2.75. The average molecular weight is 302 g/mol. The number of ether oxygens (including phenoxy) is 1. The Bertz CT molecular complexity index is 586. The number of methoxy groups -OCH3 is 1. The van der Waals surface area contributed by atoms with Gasteiger partial charge in [0.25, 0.3) is 0 Å². The molecule has 1 aromatic rings. The summed E-state index contributed by atoms with van der Waals surface area (Å²) in [5.74, 6) is -1.31. The largest absolute Gasteiger partial charge is 0.478 e. The molecule has 0 aliphatic rings. The number of hydrogen-bond donors (Lipinski definition) is 2. The van der Waals surface area contributed by atoms with Crippen LogP contribution in [0.2, 0.25) is 0 Å². The van der Waals surface area contributed by atoms with E-state index < -0.39 is 16.0 Å². The van der Waals surface area contributed by atoms with Gasteiger partial charge in [0.15, 0.2) is 0 Å². The van der Waals surface area contributed by atoms with E-state index in [1.54, 1.807) is 0 Å². The summed E-state index contributed by atoms with van der Waals surface area (Å²) in [6.07, 6.45) is 0.511. The van der Waals surface area contributed by atoms with Crippen molar-refractivity contribution in [3.05, 3.63) is 23.8 Å². The molecule has 0 radical (unpaired) electrons. The number of benzene rings is 1. The van der Waals surface area contributed by atoms with Crippen molar-refractivity contribution < 1.29 is 23.1 Å². The van der Waals surface area contributed by atoms with Crippen LogP contribution in [0.15, 0.2) is 23.1 Å². The Balaban J connectivity index is 3.14. The molecule has 0 atom stereocenters. The quantitative estimate of drug-likeness (QED) is 0.564. The van der Waals surface area contributed by atoms with Gasteiger partial charge in [-0.1, -0.05) is 0 Å². The van der Waals surface area contributed by atoms with Gasteiger partial charge < -0.3 is 15.6 Å². The molecule has 0 saturated heterocycles. The van der Waals surface area contributed by atoms with E-state index in [0.29, 0.717) is 13.0 Å². The summed E-state index contributed by atoms with van der Waals surface area (Å²) >= 11 is 0. The Morgan fingerprint density at radius 3 is 2.65 bits per heavy atom. The van der Waals surface area contributed by atoms with E-state index in [2.05, 4.69) is 0 Å². The van der Waals surface area contributed by atoms with Crippen LogP contribution in [0.25, 0.3) is 0 Å². The number of nitrogen functional groups attached to an aromatic ring is 1. The van der Waals surface area contributed by atoms with Crippen LogP contribution < -0.4 is 5.73 Å². The van der Waals surface area contributed by atoms with Crippen LogP contribution in [0.4, 0.5) is 5.69 Å². The fourth-order valence-electron chi connectivity index (χ4n) is 1.65. The Hall–Kier alpha value is -1.64. The normalized spacial score (nSPS) is 11.8. The van der Waals surface area contributed by atoms with Gasteiger partial charge in [-0.05, 0) is 24.6 Å². The van der Waals surface area contributed by atoms with Gasteiger partial charge in [-0.3, -0.25) is 0 Å². The van der Waals surface area contributed by atoms with E-state index in [1.807, 2.05) is 0 Å². The molecule has 0 saturated carbocycles. The molecule has 0 aliphatic heterocycles. The average Bonchev–Trinajstić information content (AvgIpc) is 2.38. The van der Waals surface area contributed by atoms with Gasteiger partial charge in [-0.25, -0.2) is 17.5 Å². The lowest BCUT2D eigenvalue weighted by atomic mass is 10.2. The van der Waals surface area contributed by atoms with E-state index in [0.717, 1.165) is 10.4 Å². The smallest absolute Gasteiger partial charge is 0.337 e. The van der Waals surface area contributed by atoms with Crippen molar-refractivity contribution in [1.29, 1.82) is 0 Å². The standard InChI is InChI=1S/C12H18N2O5S/c1-14(6-3-7-19-2)20(17,18)11-8-9(13)4-5-10(11)12(15)16/h4-5,8H,3,6-7,13H2,1-2H3,(H,15,16). The first-order valence-electron chi connectivity index (χ1n) is 5.88. The van der Waals surface area contributed by atoms with Crippen LogP contribution in [0, 0.1) is 0 Å². The summed E-state index contributed by atoms with van der Waals surface area (Å²) in [5, 5.41) is 9.07. The minimum Gasteiger partial charge on any atom is -0.478 e. The first-order valence-corrected chi connectivity index (χ1v) is 7.32. The Kier molecular flexibility index (Phi) is 5.49. The van der Waals surface area contributed by atoms with Crippen molar-refractivity contribution in [2.75, 3.05) is 33.0 Å². The summed E-state index contributed by atoms with van der Waals surface area (Å²) in [5.41, 5.74) is 5.45. The lowest BCUT2D eigenvalue weighted by Gasteiger charge is -2.18. The molecule has 8 heteroatoms. The number of anilines is 1. The van der Waals surface area contributed by atoms with Crippen molar-refractivity contribution in [2.45, 2.75) is 11.3 Å². The topological polar surface area (TPSA) is 110 Å². The second-order valence-electron chi connectivity index (χ2n) is 4.23. The molecule has 0 unspecified atom stereocenters. The molecule has 112 valence electrons. The van der Waals surface area contributed by atoms with Gasteiger partial charge in [0.05, 0.1) is 10.5 Å². The molecule has 20 heavy (non-hydrogen) atoms. The van der Waals surface area contributed by atoms with E-state index in [1.165, 1.54) is 26.3 Å². The molecule has 0 aliphatic carbocycles. The molecule has 0 amide bonds. The van der Waals surface area contributed by atoms with E-state index in [9.17, 15) is 13.2 Å². The SMILES string of the molecule is COCCCN(C)S(=O)(=O)c1cc(N)ccc1C(=O)O. The number of sulfonamides is 1. The zero-order chi connectivity index (χ0) is 15.3. The predicted octanol–water partition coefficient (Wildman–Crippen LogP) is 0.624. The van der Waals surface area contributed by atoms with Crippen LogP contribution in [0.1, 0.15) is 16.8 Å². The molecule has 1 rings (SSSR count). The zero-order valence-electron chi connectivity index (χ0n) is 11.4. The molecule has 3 N–H and O–H groups in total. The maximum Gasteiger partial charge on any atom is 0.337 e. The molecule has 0 fully saturated rings. The predicted molar refractivity (Wildman–Crippen MR) is 74.1 cm³/mol. The first-order chi connectivity index (χ1) is 9.30. The van der Waals surface area contributed by atoms with Crippen LogP contribution in [0.5, 0.6) is 0 Å². The summed E-state index contributed by atoms with van der Waals surface area (Å²) < 4.78 is 30.7. The van der Waals surface area contributed by atoms with Crippen molar-refractivity contribution >= 4 is 21.7 Å². The van der Waals surface area contributed by atoms with Crippen LogP contribution in [-0.2, 0) is 14.8 Å². The van der Waals surface area contributed by atoms with E-state index in [4.69, 9.17) is 15.6 Å². The van der Waals surface area contributed by atoms with Crippen LogP contribution >= 0.6 is 0 Å². The van der Waals surface area contributed by atoms with Crippen LogP contribution in [0.3, 0.4) is 0 Å².